The Bertz CT molecular complexity index is 391. The molecule has 2 N–H and O–H groups in total. The van der Waals surface area contributed by atoms with E-state index < -0.39 is 0 Å². The Balaban J connectivity index is 1.59. The summed E-state index contributed by atoms with van der Waals surface area (Å²) >= 11 is 0. The second-order valence-electron chi connectivity index (χ2n) is 4.62. The third kappa shape index (κ3) is 4.54. The van der Waals surface area contributed by atoms with Crippen LogP contribution in [0.15, 0.2) is 30.3 Å². The molecule has 0 bridgehead atoms. The van der Waals surface area contributed by atoms with E-state index in [9.17, 15) is 4.79 Å². The molecule has 0 aromatic heterocycles. The zero-order valence-electron chi connectivity index (χ0n) is 11.1. The van der Waals surface area contributed by atoms with Crippen molar-refractivity contribution in [2.45, 2.75) is 38.5 Å². The molecule has 5 nitrogen and oxygen atoms in total. The summed E-state index contributed by atoms with van der Waals surface area (Å²) in [7, 11) is 0. The lowest BCUT2D eigenvalue weighted by atomic mass is 9.88. The third-order valence-electron chi connectivity index (χ3n) is 3.07. The highest BCUT2D eigenvalue weighted by Gasteiger charge is 2.30. The molecule has 0 heterocycles. The van der Waals surface area contributed by atoms with Crippen molar-refractivity contribution in [3.8, 4) is 0 Å². The second kappa shape index (κ2) is 7.11. The maximum Gasteiger partial charge on any atom is 0.407 e. The molecule has 1 aromatic rings. The van der Waals surface area contributed by atoms with E-state index >= 15 is 0 Å². The van der Waals surface area contributed by atoms with Crippen molar-refractivity contribution in [1.82, 2.24) is 10.8 Å². The van der Waals surface area contributed by atoms with Gasteiger partial charge in [0.25, 0.3) is 0 Å². The number of nitrogens with one attached hydrogen (secondary N) is 2. The van der Waals surface area contributed by atoms with Gasteiger partial charge in [0.2, 0.25) is 0 Å². The number of amides is 1. The summed E-state index contributed by atoms with van der Waals surface area (Å²) in [6.45, 7) is 2.88. The Morgan fingerprint density at radius 2 is 2.00 bits per heavy atom. The van der Waals surface area contributed by atoms with Crippen LogP contribution < -0.4 is 10.8 Å². The molecule has 1 fully saturated rings. The van der Waals surface area contributed by atoms with Gasteiger partial charge in [-0.1, -0.05) is 30.3 Å². The monoisotopic (exact) mass is 264 g/mol. The van der Waals surface area contributed by atoms with E-state index in [-0.39, 0.29) is 12.1 Å². The van der Waals surface area contributed by atoms with Gasteiger partial charge in [-0.25, -0.2) is 4.79 Å². The molecule has 0 aliphatic heterocycles. The summed E-state index contributed by atoms with van der Waals surface area (Å²) in [6, 6.07) is 10.2. The lowest BCUT2D eigenvalue weighted by molar-refractivity contribution is -0.00497. The Morgan fingerprint density at radius 3 is 2.68 bits per heavy atom. The highest BCUT2D eigenvalue weighted by molar-refractivity contribution is 5.67. The number of benzene rings is 1. The van der Waals surface area contributed by atoms with Gasteiger partial charge in [0.05, 0.1) is 6.61 Å². The van der Waals surface area contributed by atoms with Crippen LogP contribution >= 0.6 is 0 Å². The van der Waals surface area contributed by atoms with Gasteiger partial charge < -0.3 is 14.9 Å². The molecule has 0 atom stereocenters. The fourth-order valence-electron chi connectivity index (χ4n) is 1.96. The van der Waals surface area contributed by atoms with Crippen molar-refractivity contribution >= 4 is 6.09 Å². The lowest BCUT2D eigenvalue weighted by Crippen LogP contribution is -2.52. The maximum atomic E-state index is 11.6. The fourth-order valence-corrected chi connectivity index (χ4v) is 1.96. The van der Waals surface area contributed by atoms with Crippen LogP contribution in [-0.2, 0) is 16.2 Å². The predicted molar refractivity (Wildman–Crippen MR) is 71.3 cm³/mol. The Hall–Kier alpha value is -1.59. The van der Waals surface area contributed by atoms with Gasteiger partial charge >= 0.3 is 6.09 Å². The zero-order valence-corrected chi connectivity index (χ0v) is 11.1. The van der Waals surface area contributed by atoms with E-state index in [1.54, 1.807) is 0 Å². The highest BCUT2D eigenvalue weighted by Crippen LogP contribution is 2.19. The molecular weight excluding hydrogens is 244 g/mol. The van der Waals surface area contributed by atoms with Crippen LogP contribution in [0, 0.1) is 0 Å². The number of hydroxylamine groups is 1. The Morgan fingerprint density at radius 1 is 1.26 bits per heavy atom. The number of hydrogen-bond acceptors (Lipinski definition) is 4. The van der Waals surface area contributed by atoms with Gasteiger partial charge in [-0.3, -0.25) is 0 Å². The molecule has 104 valence electrons. The first-order valence-electron chi connectivity index (χ1n) is 6.62. The number of rotatable bonds is 6. The van der Waals surface area contributed by atoms with Gasteiger partial charge in [0, 0.05) is 12.1 Å². The first kappa shape index (κ1) is 13.8. The van der Waals surface area contributed by atoms with Crippen LogP contribution in [0.1, 0.15) is 25.3 Å². The van der Waals surface area contributed by atoms with Crippen molar-refractivity contribution in [3.63, 3.8) is 0 Å². The van der Waals surface area contributed by atoms with Crippen molar-refractivity contribution in [2.24, 2.45) is 0 Å². The molecule has 0 spiro atoms. The first-order chi connectivity index (χ1) is 9.28. The predicted octanol–water partition coefficient (Wildman–Crippen LogP) is 1.98. The van der Waals surface area contributed by atoms with Gasteiger partial charge in [0.15, 0.2) is 0 Å². The van der Waals surface area contributed by atoms with E-state index in [1.165, 1.54) is 0 Å². The van der Waals surface area contributed by atoms with Gasteiger partial charge in [-0.15, -0.1) is 0 Å². The molecule has 0 saturated heterocycles. The van der Waals surface area contributed by atoms with Crippen LogP contribution in [0.3, 0.4) is 0 Å². The van der Waals surface area contributed by atoms with E-state index in [2.05, 4.69) is 10.8 Å². The number of carbonyl (C=O) groups excluding carboxylic acids is 1. The molecule has 19 heavy (non-hydrogen) atoms. The standard InChI is InChI=1S/C14H20N2O3/c1-2-19-16-13-8-12(9-13)15-14(17)18-10-11-6-4-3-5-7-11/h3-7,12-13,16H,2,8-10H2,1H3,(H,15,17). The van der Waals surface area contributed by atoms with E-state index in [1.807, 2.05) is 37.3 Å². The number of alkyl carbamates (subject to hydrolysis) is 1. The van der Waals surface area contributed by atoms with E-state index in [0.717, 1.165) is 18.4 Å². The summed E-state index contributed by atoms with van der Waals surface area (Å²) in [5, 5.41) is 2.84. The van der Waals surface area contributed by atoms with Crippen LogP contribution in [0.25, 0.3) is 0 Å². The summed E-state index contributed by atoms with van der Waals surface area (Å²) in [4.78, 5) is 16.7. The van der Waals surface area contributed by atoms with Gasteiger partial charge in [-0.2, -0.15) is 5.48 Å². The largest absolute Gasteiger partial charge is 0.445 e. The SMILES string of the molecule is CCONC1CC(NC(=O)OCc2ccccc2)C1. The number of hydrogen-bond donors (Lipinski definition) is 2. The topological polar surface area (TPSA) is 59.6 Å². The molecular formula is C14H20N2O3. The molecule has 1 aliphatic carbocycles. The molecule has 0 radical (unpaired) electrons. The smallest absolute Gasteiger partial charge is 0.407 e. The highest BCUT2D eigenvalue weighted by atomic mass is 16.6. The summed E-state index contributed by atoms with van der Waals surface area (Å²) < 4.78 is 5.15. The minimum absolute atomic E-state index is 0.182. The van der Waals surface area contributed by atoms with E-state index in [4.69, 9.17) is 9.57 Å². The molecule has 5 heteroatoms. The average molecular weight is 264 g/mol. The normalized spacial score (nSPS) is 21.5. The summed E-state index contributed by atoms with van der Waals surface area (Å²) in [5.74, 6) is 0. The quantitative estimate of drug-likeness (QED) is 0.771. The average Bonchev–Trinajstić information content (AvgIpc) is 2.40. The molecule has 0 unspecified atom stereocenters. The van der Waals surface area contributed by atoms with E-state index in [0.29, 0.717) is 19.3 Å². The van der Waals surface area contributed by atoms with Gasteiger partial charge in [-0.05, 0) is 25.3 Å². The molecule has 1 amide bonds. The van der Waals surface area contributed by atoms with Crippen molar-refractivity contribution < 1.29 is 14.4 Å². The Kier molecular flexibility index (Phi) is 5.18. The van der Waals surface area contributed by atoms with Crippen molar-refractivity contribution in [3.05, 3.63) is 35.9 Å². The number of ether oxygens (including phenoxy) is 1. The molecule has 2 rings (SSSR count). The molecule has 1 saturated carbocycles. The van der Waals surface area contributed by atoms with Crippen LogP contribution in [0.5, 0.6) is 0 Å². The van der Waals surface area contributed by atoms with Crippen LogP contribution in [-0.4, -0.2) is 24.8 Å². The van der Waals surface area contributed by atoms with Crippen LogP contribution in [0.4, 0.5) is 4.79 Å². The van der Waals surface area contributed by atoms with Crippen molar-refractivity contribution in [2.75, 3.05) is 6.61 Å². The zero-order chi connectivity index (χ0) is 13.5. The minimum Gasteiger partial charge on any atom is -0.445 e. The number of carbonyl (C=O) groups is 1. The maximum absolute atomic E-state index is 11.6. The van der Waals surface area contributed by atoms with Gasteiger partial charge in [0.1, 0.15) is 6.61 Å². The molecule has 1 aliphatic rings. The summed E-state index contributed by atoms with van der Waals surface area (Å²) in [6.07, 6.45) is 1.39. The third-order valence-corrected chi connectivity index (χ3v) is 3.07. The minimum atomic E-state index is -0.358. The fraction of sp³-hybridized carbons (Fsp3) is 0.500. The van der Waals surface area contributed by atoms with Crippen LogP contribution in [0.2, 0.25) is 0 Å². The second-order valence-corrected chi connectivity index (χ2v) is 4.62. The molecule has 1 aromatic carbocycles. The first-order valence-corrected chi connectivity index (χ1v) is 6.62. The Labute approximate surface area is 113 Å². The lowest BCUT2D eigenvalue weighted by Gasteiger charge is -2.35. The summed E-state index contributed by atoms with van der Waals surface area (Å²) in [5.41, 5.74) is 3.93. The van der Waals surface area contributed by atoms with Crippen molar-refractivity contribution in [1.29, 1.82) is 0 Å².